The molecule has 0 aliphatic carbocycles. The van der Waals surface area contributed by atoms with E-state index in [9.17, 15) is 0 Å². The molecule has 1 saturated heterocycles. The summed E-state index contributed by atoms with van der Waals surface area (Å²) in [6.07, 6.45) is 7.55. The summed E-state index contributed by atoms with van der Waals surface area (Å²) in [5, 5.41) is 0. The minimum Gasteiger partial charge on any atom is -0.341 e. The highest BCUT2D eigenvalue weighted by molar-refractivity contribution is 5.75. The topological polar surface area (TPSA) is 49.7 Å². The summed E-state index contributed by atoms with van der Waals surface area (Å²) < 4.78 is 2.23. The molecule has 1 aliphatic heterocycles. The SMILES string of the molecule is Cc1ccc2nc([C@@H]3CCCN3CCCn3ccnc3C)[nH]c2c1. The molecule has 0 spiro atoms. The maximum Gasteiger partial charge on any atom is 0.124 e. The van der Waals surface area contributed by atoms with Crippen molar-refractivity contribution in [2.75, 3.05) is 13.1 Å². The minimum atomic E-state index is 0.432. The van der Waals surface area contributed by atoms with Gasteiger partial charge in [-0.1, -0.05) is 6.07 Å². The lowest BCUT2D eigenvalue weighted by molar-refractivity contribution is 0.242. The van der Waals surface area contributed by atoms with E-state index in [-0.39, 0.29) is 0 Å². The minimum absolute atomic E-state index is 0.432. The van der Waals surface area contributed by atoms with Gasteiger partial charge in [0.15, 0.2) is 0 Å². The van der Waals surface area contributed by atoms with Gasteiger partial charge in [-0.3, -0.25) is 4.90 Å². The van der Waals surface area contributed by atoms with Crippen LogP contribution in [0.4, 0.5) is 0 Å². The highest BCUT2D eigenvalue weighted by Gasteiger charge is 2.28. The largest absolute Gasteiger partial charge is 0.341 e. The molecule has 0 radical (unpaired) electrons. The Morgan fingerprint density at radius 2 is 2.17 bits per heavy atom. The number of nitrogens with one attached hydrogen (secondary N) is 1. The summed E-state index contributed by atoms with van der Waals surface area (Å²) in [5.74, 6) is 2.23. The molecule has 1 fully saturated rings. The molecule has 5 nitrogen and oxygen atoms in total. The smallest absolute Gasteiger partial charge is 0.124 e. The summed E-state index contributed by atoms with van der Waals surface area (Å²) in [5.41, 5.74) is 3.51. The maximum absolute atomic E-state index is 4.85. The second kappa shape index (κ2) is 6.40. The molecule has 24 heavy (non-hydrogen) atoms. The van der Waals surface area contributed by atoms with Crippen molar-refractivity contribution in [3.63, 3.8) is 0 Å². The third kappa shape index (κ3) is 2.96. The predicted octanol–water partition coefficient (Wildman–Crippen LogP) is 3.60. The number of benzene rings is 1. The molecule has 0 amide bonds. The first-order chi connectivity index (χ1) is 11.7. The number of aryl methyl sites for hydroxylation is 3. The highest BCUT2D eigenvalue weighted by atomic mass is 15.2. The Hall–Kier alpha value is -2.14. The van der Waals surface area contributed by atoms with E-state index in [0.717, 1.165) is 42.2 Å². The van der Waals surface area contributed by atoms with Gasteiger partial charge in [-0.15, -0.1) is 0 Å². The highest BCUT2D eigenvalue weighted by Crippen LogP contribution is 2.31. The van der Waals surface area contributed by atoms with Gasteiger partial charge < -0.3 is 9.55 Å². The van der Waals surface area contributed by atoms with Gasteiger partial charge in [0.05, 0.1) is 17.1 Å². The zero-order valence-corrected chi connectivity index (χ0v) is 14.5. The van der Waals surface area contributed by atoms with Crippen molar-refractivity contribution in [1.82, 2.24) is 24.4 Å². The van der Waals surface area contributed by atoms with Crippen LogP contribution in [0.2, 0.25) is 0 Å². The van der Waals surface area contributed by atoms with Crippen molar-refractivity contribution in [3.8, 4) is 0 Å². The quantitative estimate of drug-likeness (QED) is 0.780. The summed E-state index contributed by atoms with van der Waals surface area (Å²) >= 11 is 0. The van der Waals surface area contributed by atoms with Gasteiger partial charge in [0.2, 0.25) is 0 Å². The number of fused-ring (bicyclic) bond motifs is 1. The number of aromatic amines is 1. The van der Waals surface area contributed by atoms with Crippen LogP contribution in [0.5, 0.6) is 0 Å². The van der Waals surface area contributed by atoms with Crippen molar-refractivity contribution in [2.24, 2.45) is 0 Å². The molecule has 1 aromatic carbocycles. The number of nitrogens with zero attached hydrogens (tertiary/aromatic N) is 4. The summed E-state index contributed by atoms with van der Waals surface area (Å²) in [4.78, 5) is 15.3. The molecule has 1 N–H and O–H groups in total. The number of likely N-dealkylation sites (tertiary alicyclic amines) is 1. The molecule has 1 aliphatic rings. The Morgan fingerprint density at radius 3 is 3.00 bits per heavy atom. The molecule has 0 bridgehead atoms. The first-order valence-electron chi connectivity index (χ1n) is 8.89. The van der Waals surface area contributed by atoms with Crippen LogP contribution in [-0.2, 0) is 6.54 Å². The van der Waals surface area contributed by atoms with E-state index >= 15 is 0 Å². The van der Waals surface area contributed by atoms with E-state index in [1.807, 2.05) is 6.20 Å². The van der Waals surface area contributed by atoms with Crippen molar-refractivity contribution in [1.29, 1.82) is 0 Å². The van der Waals surface area contributed by atoms with Crippen molar-refractivity contribution >= 4 is 11.0 Å². The van der Waals surface area contributed by atoms with Crippen molar-refractivity contribution < 1.29 is 0 Å². The Balaban J connectivity index is 1.44. The number of imidazole rings is 2. The van der Waals surface area contributed by atoms with Gasteiger partial charge in [0, 0.05) is 25.5 Å². The molecule has 5 heteroatoms. The summed E-state index contributed by atoms with van der Waals surface area (Å²) in [7, 11) is 0. The van der Waals surface area contributed by atoms with Crippen LogP contribution in [0.3, 0.4) is 0 Å². The van der Waals surface area contributed by atoms with Crippen LogP contribution in [0, 0.1) is 13.8 Å². The first-order valence-corrected chi connectivity index (χ1v) is 8.89. The molecule has 126 valence electrons. The number of hydrogen-bond donors (Lipinski definition) is 1. The molecule has 1 atom stereocenters. The number of H-pyrrole nitrogens is 1. The van der Waals surface area contributed by atoms with E-state index in [1.165, 1.54) is 24.9 Å². The van der Waals surface area contributed by atoms with Gasteiger partial charge in [-0.2, -0.15) is 0 Å². The molecular formula is C19H25N5. The Labute approximate surface area is 142 Å². The summed E-state index contributed by atoms with van der Waals surface area (Å²) in [6.45, 7) is 7.51. The van der Waals surface area contributed by atoms with E-state index in [4.69, 9.17) is 4.98 Å². The van der Waals surface area contributed by atoms with E-state index in [0.29, 0.717) is 6.04 Å². The summed E-state index contributed by atoms with van der Waals surface area (Å²) in [6, 6.07) is 6.87. The van der Waals surface area contributed by atoms with E-state index in [1.54, 1.807) is 0 Å². The van der Waals surface area contributed by atoms with Gasteiger partial charge in [0.1, 0.15) is 11.6 Å². The van der Waals surface area contributed by atoms with Crippen LogP contribution in [0.1, 0.15) is 42.5 Å². The Kier molecular flexibility index (Phi) is 4.10. The average Bonchev–Trinajstić information content (AvgIpc) is 3.27. The molecular weight excluding hydrogens is 298 g/mol. The van der Waals surface area contributed by atoms with Crippen LogP contribution < -0.4 is 0 Å². The van der Waals surface area contributed by atoms with E-state index in [2.05, 4.69) is 57.7 Å². The molecule has 2 aromatic heterocycles. The van der Waals surface area contributed by atoms with Gasteiger partial charge in [-0.05, 0) is 57.4 Å². The third-order valence-corrected chi connectivity index (χ3v) is 5.10. The zero-order valence-electron chi connectivity index (χ0n) is 14.5. The standard InChI is InChI=1S/C19H25N5/c1-14-6-7-16-17(13-14)22-19(21-16)18-5-3-9-24(18)11-4-10-23-12-8-20-15(23)2/h6-8,12-13,18H,3-5,9-11H2,1-2H3,(H,21,22)/t18-/m0/s1. The molecule has 4 rings (SSSR count). The second-order valence-corrected chi connectivity index (χ2v) is 6.86. The maximum atomic E-state index is 4.85. The average molecular weight is 323 g/mol. The number of aromatic nitrogens is 4. The molecule has 0 saturated carbocycles. The lowest BCUT2D eigenvalue weighted by Crippen LogP contribution is -2.26. The lowest BCUT2D eigenvalue weighted by Gasteiger charge is -2.22. The zero-order chi connectivity index (χ0) is 16.5. The second-order valence-electron chi connectivity index (χ2n) is 6.86. The Morgan fingerprint density at radius 1 is 1.25 bits per heavy atom. The van der Waals surface area contributed by atoms with Crippen molar-refractivity contribution in [2.45, 2.75) is 45.7 Å². The van der Waals surface area contributed by atoms with Crippen LogP contribution in [0.25, 0.3) is 11.0 Å². The lowest BCUT2D eigenvalue weighted by atomic mass is 10.2. The Bertz CT molecular complexity index is 831. The van der Waals surface area contributed by atoms with Gasteiger partial charge in [-0.25, -0.2) is 9.97 Å². The monoisotopic (exact) mass is 323 g/mol. The first kappa shape index (κ1) is 15.4. The van der Waals surface area contributed by atoms with Gasteiger partial charge >= 0.3 is 0 Å². The van der Waals surface area contributed by atoms with Crippen LogP contribution >= 0.6 is 0 Å². The number of hydrogen-bond acceptors (Lipinski definition) is 3. The van der Waals surface area contributed by atoms with Crippen molar-refractivity contribution in [3.05, 3.63) is 47.8 Å². The molecule has 3 heterocycles. The fraction of sp³-hybridized carbons (Fsp3) is 0.474. The molecule has 3 aromatic rings. The predicted molar refractivity (Wildman–Crippen MR) is 96.0 cm³/mol. The normalized spacial score (nSPS) is 18.7. The fourth-order valence-electron chi connectivity index (χ4n) is 3.79. The number of rotatable bonds is 5. The van der Waals surface area contributed by atoms with Crippen LogP contribution in [0.15, 0.2) is 30.6 Å². The van der Waals surface area contributed by atoms with E-state index < -0.39 is 0 Å². The third-order valence-electron chi connectivity index (χ3n) is 5.10. The van der Waals surface area contributed by atoms with Gasteiger partial charge in [0.25, 0.3) is 0 Å². The molecule has 0 unspecified atom stereocenters. The fourth-order valence-corrected chi connectivity index (χ4v) is 3.79. The van der Waals surface area contributed by atoms with Crippen LogP contribution in [-0.4, -0.2) is 37.5 Å².